The van der Waals surface area contributed by atoms with Gasteiger partial charge in [0.25, 0.3) is 10.0 Å². The molecule has 3 rings (SSSR count). The van der Waals surface area contributed by atoms with Gasteiger partial charge in [0, 0.05) is 24.2 Å². The van der Waals surface area contributed by atoms with E-state index in [4.69, 9.17) is 0 Å². The van der Waals surface area contributed by atoms with Gasteiger partial charge in [-0.15, -0.1) is 0 Å². The zero-order valence-electron chi connectivity index (χ0n) is 14.6. The first kappa shape index (κ1) is 18.0. The fourth-order valence-corrected chi connectivity index (χ4v) is 3.87. The van der Waals surface area contributed by atoms with Crippen LogP contribution < -0.4 is 9.62 Å². The highest BCUT2D eigenvalue weighted by Crippen LogP contribution is 2.28. The Balaban J connectivity index is 1.92. The fourth-order valence-electron chi connectivity index (χ4n) is 2.84. The van der Waals surface area contributed by atoms with E-state index in [1.165, 1.54) is 18.2 Å². The van der Waals surface area contributed by atoms with Crippen molar-refractivity contribution in [2.75, 3.05) is 9.62 Å². The van der Waals surface area contributed by atoms with Crippen LogP contribution in [-0.2, 0) is 19.6 Å². The van der Waals surface area contributed by atoms with Crippen molar-refractivity contribution in [3.8, 4) is 0 Å². The highest BCUT2D eigenvalue weighted by atomic mass is 32.2. The largest absolute Gasteiger partial charge is 0.274 e. The summed E-state index contributed by atoms with van der Waals surface area (Å²) in [4.78, 5) is 33.0. The van der Waals surface area contributed by atoms with Crippen molar-refractivity contribution >= 4 is 33.5 Å². The fraction of sp³-hybridized carbons (Fsp3) is 0.294. The number of hydrogen-bond donors (Lipinski definition) is 1. The molecule has 1 aliphatic rings. The van der Waals surface area contributed by atoms with Gasteiger partial charge in [0.05, 0.1) is 10.6 Å². The zero-order chi connectivity index (χ0) is 19.1. The first-order valence-corrected chi connectivity index (χ1v) is 9.47. The molecular formula is C17H18N4O4S. The normalized spacial score (nSPS) is 14.8. The summed E-state index contributed by atoms with van der Waals surface area (Å²) in [7, 11) is -3.90. The van der Waals surface area contributed by atoms with Crippen molar-refractivity contribution < 1.29 is 18.0 Å². The summed E-state index contributed by atoms with van der Waals surface area (Å²) in [5, 5.41) is 0. The molecule has 0 aliphatic carbocycles. The third-order valence-corrected chi connectivity index (χ3v) is 5.30. The summed E-state index contributed by atoms with van der Waals surface area (Å²) in [5.74, 6) is -0.569. The van der Waals surface area contributed by atoms with E-state index in [1.807, 2.05) is 0 Å². The van der Waals surface area contributed by atoms with Gasteiger partial charge in [0.1, 0.15) is 0 Å². The summed E-state index contributed by atoms with van der Waals surface area (Å²) < 4.78 is 27.6. The van der Waals surface area contributed by atoms with Crippen LogP contribution in [0, 0.1) is 20.8 Å². The summed E-state index contributed by atoms with van der Waals surface area (Å²) >= 11 is 0. The smallest absolute Gasteiger partial charge is 0.264 e. The average molecular weight is 374 g/mol. The number of benzene rings is 1. The summed E-state index contributed by atoms with van der Waals surface area (Å²) in [5.41, 5.74) is 2.21. The van der Waals surface area contributed by atoms with Crippen LogP contribution in [-0.4, -0.2) is 30.2 Å². The highest BCUT2D eigenvalue weighted by molar-refractivity contribution is 7.92. The number of carbonyl (C=O) groups excluding carboxylic acids is 2. The Kier molecular flexibility index (Phi) is 4.49. The Morgan fingerprint density at radius 2 is 1.54 bits per heavy atom. The van der Waals surface area contributed by atoms with E-state index in [-0.39, 0.29) is 35.5 Å². The van der Waals surface area contributed by atoms with Gasteiger partial charge < -0.3 is 0 Å². The molecule has 1 aliphatic heterocycles. The molecule has 26 heavy (non-hydrogen) atoms. The number of anilines is 2. The second kappa shape index (κ2) is 6.49. The van der Waals surface area contributed by atoms with Crippen LogP contribution in [0.5, 0.6) is 0 Å². The van der Waals surface area contributed by atoms with E-state index in [0.29, 0.717) is 22.6 Å². The van der Waals surface area contributed by atoms with E-state index in [0.717, 1.165) is 4.90 Å². The molecule has 9 heteroatoms. The standard InChI is InChI=1S/C17H18N4O4S/c1-10-8-13(4-5-14(10)21-15(22)6-7-16(21)23)26(24,25)20-17-18-11(2)9-12(3)19-17/h4-5,8-9H,6-7H2,1-3H3,(H,18,19,20). The van der Waals surface area contributed by atoms with Crippen LogP contribution in [0.4, 0.5) is 11.6 Å². The molecule has 136 valence electrons. The predicted molar refractivity (Wildman–Crippen MR) is 95.2 cm³/mol. The van der Waals surface area contributed by atoms with Gasteiger partial charge in [-0.1, -0.05) is 0 Å². The third kappa shape index (κ3) is 3.43. The quantitative estimate of drug-likeness (QED) is 0.818. The highest BCUT2D eigenvalue weighted by Gasteiger charge is 2.31. The van der Waals surface area contributed by atoms with Gasteiger partial charge in [-0.25, -0.2) is 23.1 Å². The van der Waals surface area contributed by atoms with Crippen LogP contribution in [0.15, 0.2) is 29.2 Å². The molecule has 2 heterocycles. The van der Waals surface area contributed by atoms with Gasteiger partial charge in [-0.3, -0.25) is 14.5 Å². The van der Waals surface area contributed by atoms with Gasteiger partial charge in [-0.05, 0) is 50.6 Å². The maximum atomic E-state index is 12.6. The number of aromatic nitrogens is 2. The lowest BCUT2D eigenvalue weighted by Crippen LogP contribution is -2.29. The van der Waals surface area contributed by atoms with Gasteiger partial charge >= 0.3 is 0 Å². The van der Waals surface area contributed by atoms with E-state index < -0.39 is 10.0 Å². The minimum Gasteiger partial charge on any atom is -0.274 e. The van der Waals surface area contributed by atoms with Crippen molar-refractivity contribution in [2.45, 2.75) is 38.5 Å². The molecule has 1 aromatic heterocycles. The number of rotatable bonds is 4. The molecule has 1 aromatic carbocycles. The number of hydrogen-bond acceptors (Lipinski definition) is 6. The predicted octanol–water partition coefficient (Wildman–Crippen LogP) is 1.86. The molecule has 1 N–H and O–H groups in total. The average Bonchev–Trinajstić information content (AvgIpc) is 2.85. The van der Waals surface area contributed by atoms with E-state index in [9.17, 15) is 18.0 Å². The van der Waals surface area contributed by atoms with Crippen LogP contribution in [0.2, 0.25) is 0 Å². The second-order valence-corrected chi connectivity index (χ2v) is 7.83. The first-order valence-electron chi connectivity index (χ1n) is 7.99. The lowest BCUT2D eigenvalue weighted by Gasteiger charge is -2.17. The van der Waals surface area contributed by atoms with Crippen molar-refractivity contribution in [2.24, 2.45) is 0 Å². The number of carbonyl (C=O) groups is 2. The Hall–Kier alpha value is -2.81. The Morgan fingerprint density at radius 1 is 0.962 bits per heavy atom. The van der Waals surface area contributed by atoms with Crippen molar-refractivity contribution in [3.63, 3.8) is 0 Å². The number of nitrogens with zero attached hydrogens (tertiary/aromatic N) is 3. The van der Waals surface area contributed by atoms with Crippen molar-refractivity contribution in [3.05, 3.63) is 41.2 Å². The number of amides is 2. The van der Waals surface area contributed by atoms with Gasteiger partial charge in [0.2, 0.25) is 17.8 Å². The summed E-state index contributed by atoms with van der Waals surface area (Å²) in [6.07, 6.45) is 0.341. The van der Waals surface area contributed by atoms with Crippen LogP contribution in [0.1, 0.15) is 29.8 Å². The van der Waals surface area contributed by atoms with E-state index >= 15 is 0 Å². The monoisotopic (exact) mass is 374 g/mol. The zero-order valence-corrected chi connectivity index (χ0v) is 15.4. The number of sulfonamides is 1. The third-order valence-electron chi connectivity index (χ3n) is 3.98. The maximum Gasteiger partial charge on any atom is 0.264 e. The van der Waals surface area contributed by atoms with Crippen molar-refractivity contribution in [1.82, 2.24) is 9.97 Å². The molecule has 8 nitrogen and oxygen atoms in total. The van der Waals surface area contributed by atoms with Crippen LogP contribution in [0.25, 0.3) is 0 Å². The number of imide groups is 1. The van der Waals surface area contributed by atoms with Crippen LogP contribution >= 0.6 is 0 Å². The SMILES string of the molecule is Cc1cc(C)nc(NS(=O)(=O)c2ccc(N3C(=O)CCC3=O)c(C)c2)n1. The topological polar surface area (TPSA) is 109 Å². The minimum absolute atomic E-state index is 0.000559. The van der Waals surface area contributed by atoms with E-state index in [2.05, 4.69) is 14.7 Å². The number of nitrogens with one attached hydrogen (secondary N) is 1. The molecule has 1 saturated heterocycles. The Bertz CT molecular complexity index is 981. The Labute approximate surface area is 151 Å². The molecule has 2 aromatic rings. The second-order valence-electron chi connectivity index (χ2n) is 6.15. The van der Waals surface area contributed by atoms with E-state index in [1.54, 1.807) is 26.8 Å². The lowest BCUT2D eigenvalue weighted by atomic mass is 10.2. The maximum absolute atomic E-state index is 12.6. The minimum atomic E-state index is -3.90. The first-order chi connectivity index (χ1) is 12.2. The molecule has 0 atom stereocenters. The summed E-state index contributed by atoms with van der Waals surface area (Å²) in [6, 6.07) is 5.97. The van der Waals surface area contributed by atoms with Gasteiger partial charge in [-0.2, -0.15) is 0 Å². The van der Waals surface area contributed by atoms with Gasteiger partial charge in [0.15, 0.2) is 0 Å². The molecule has 0 unspecified atom stereocenters. The number of aryl methyl sites for hydroxylation is 3. The molecule has 2 amide bonds. The molecule has 1 fully saturated rings. The molecule has 0 bridgehead atoms. The molecular weight excluding hydrogens is 356 g/mol. The lowest BCUT2D eigenvalue weighted by molar-refractivity contribution is -0.121. The molecule has 0 radical (unpaired) electrons. The van der Waals surface area contributed by atoms with Crippen LogP contribution in [0.3, 0.4) is 0 Å². The molecule has 0 saturated carbocycles. The summed E-state index contributed by atoms with van der Waals surface area (Å²) in [6.45, 7) is 5.14. The van der Waals surface area contributed by atoms with Crippen molar-refractivity contribution in [1.29, 1.82) is 0 Å². The molecule has 0 spiro atoms. The Morgan fingerprint density at radius 3 is 2.08 bits per heavy atom.